The maximum Gasteiger partial charge on any atom is 0.191 e. The van der Waals surface area contributed by atoms with E-state index in [-0.39, 0.29) is 11.9 Å². The first-order valence-corrected chi connectivity index (χ1v) is 10.8. The van der Waals surface area contributed by atoms with Crippen LogP contribution in [0.5, 0.6) is 5.75 Å². The van der Waals surface area contributed by atoms with E-state index in [1.165, 1.54) is 17.7 Å². The number of nitrogens with zero attached hydrogens (tertiary/aromatic N) is 3. The van der Waals surface area contributed by atoms with Gasteiger partial charge in [-0.05, 0) is 61.7 Å². The standard InChI is InChI=1S/C22H24FN3O2S/c1-16-4-2-5-19(14-16)28-12-13-29-22-25-24-21(17-7-9-18(23)10-8-17)26(22)15-20-6-3-11-27-20/h2,4-5,7-10,14,20H,3,6,11-13,15H2,1H3. The molecular weight excluding hydrogens is 389 g/mol. The first-order chi connectivity index (χ1) is 14.2. The van der Waals surface area contributed by atoms with E-state index in [1.807, 2.05) is 31.2 Å². The predicted octanol–water partition coefficient (Wildman–Crippen LogP) is 4.74. The van der Waals surface area contributed by atoms with Crippen LogP contribution in [0.15, 0.2) is 53.7 Å². The van der Waals surface area contributed by atoms with E-state index in [4.69, 9.17) is 9.47 Å². The van der Waals surface area contributed by atoms with Gasteiger partial charge < -0.3 is 9.47 Å². The Labute approximate surface area is 174 Å². The SMILES string of the molecule is Cc1cccc(OCCSc2nnc(-c3ccc(F)cc3)n2CC2CCCO2)c1. The lowest BCUT2D eigenvalue weighted by molar-refractivity contribution is 0.0953. The van der Waals surface area contributed by atoms with Gasteiger partial charge in [-0.2, -0.15) is 0 Å². The minimum atomic E-state index is -0.262. The summed E-state index contributed by atoms with van der Waals surface area (Å²) in [5, 5.41) is 9.59. The molecule has 29 heavy (non-hydrogen) atoms. The zero-order valence-corrected chi connectivity index (χ0v) is 17.2. The molecule has 2 heterocycles. The highest BCUT2D eigenvalue weighted by Crippen LogP contribution is 2.27. The Morgan fingerprint density at radius 3 is 2.83 bits per heavy atom. The van der Waals surface area contributed by atoms with Gasteiger partial charge in [0.05, 0.1) is 19.3 Å². The molecule has 152 valence electrons. The number of hydrogen-bond donors (Lipinski definition) is 0. The van der Waals surface area contributed by atoms with Crippen LogP contribution in [0, 0.1) is 12.7 Å². The van der Waals surface area contributed by atoms with Gasteiger partial charge in [0.1, 0.15) is 11.6 Å². The third-order valence-electron chi connectivity index (χ3n) is 4.80. The smallest absolute Gasteiger partial charge is 0.191 e. The summed E-state index contributed by atoms with van der Waals surface area (Å²) < 4.78 is 27.1. The average Bonchev–Trinajstić information content (AvgIpc) is 3.37. The number of hydrogen-bond acceptors (Lipinski definition) is 5. The summed E-state index contributed by atoms with van der Waals surface area (Å²) in [6.07, 6.45) is 2.26. The molecule has 4 rings (SSSR count). The minimum absolute atomic E-state index is 0.160. The molecule has 0 spiro atoms. The van der Waals surface area contributed by atoms with Gasteiger partial charge in [-0.3, -0.25) is 4.57 Å². The van der Waals surface area contributed by atoms with Gasteiger partial charge in [-0.1, -0.05) is 23.9 Å². The summed E-state index contributed by atoms with van der Waals surface area (Å²) in [6.45, 7) is 4.12. The van der Waals surface area contributed by atoms with Gasteiger partial charge in [-0.25, -0.2) is 4.39 Å². The van der Waals surface area contributed by atoms with Crippen molar-refractivity contribution in [2.24, 2.45) is 0 Å². The molecular formula is C22H24FN3O2S. The van der Waals surface area contributed by atoms with Crippen LogP contribution in [0.25, 0.3) is 11.4 Å². The third kappa shape index (κ3) is 5.16. The van der Waals surface area contributed by atoms with Crippen molar-refractivity contribution in [2.75, 3.05) is 19.0 Å². The van der Waals surface area contributed by atoms with Crippen molar-refractivity contribution < 1.29 is 13.9 Å². The van der Waals surface area contributed by atoms with Crippen LogP contribution in [0.4, 0.5) is 4.39 Å². The number of aromatic nitrogens is 3. The van der Waals surface area contributed by atoms with Gasteiger partial charge in [0.15, 0.2) is 11.0 Å². The van der Waals surface area contributed by atoms with Crippen molar-refractivity contribution in [2.45, 2.75) is 37.6 Å². The van der Waals surface area contributed by atoms with Crippen molar-refractivity contribution >= 4 is 11.8 Å². The highest BCUT2D eigenvalue weighted by atomic mass is 32.2. The number of rotatable bonds is 8. The average molecular weight is 414 g/mol. The second kappa shape index (κ2) is 9.41. The lowest BCUT2D eigenvalue weighted by Gasteiger charge is -2.15. The van der Waals surface area contributed by atoms with Crippen LogP contribution < -0.4 is 4.74 Å². The van der Waals surface area contributed by atoms with Crippen LogP contribution in [0.2, 0.25) is 0 Å². The predicted molar refractivity (Wildman–Crippen MR) is 112 cm³/mol. The maximum absolute atomic E-state index is 13.3. The number of ether oxygens (including phenoxy) is 2. The molecule has 0 aliphatic carbocycles. The van der Waals surface area contributed by atoms with Crippen LogP contribution in [-0.4, -0.2) is 39.8 Å². The Morgan fingerprint density at radius 1 is 1.21 bits per heavy atom. The second-order valence-corrected chi connectivity index (χ2v) is 8.13. The molecule has 0 radical (unpaired) electrons. The highest BCUT2D eigenvalue weighted by molar-refractivity contribution is 7.99. The molecule has 0 amide bonds. The van der Waals surface area contributed by atoms with Gasteiger partial charge in [-0.15, -0.1) is 10.2 Å². The van der Waals surface area contributed by atoms with E-state index < -0.39 is 0 Å². The Kier molecular flexibility index (Phi) is 6.46. The van der Waals surface area contributed by atoms with Crippen molar-refractivity contribution in [1.29, 1.82) is 0 Å². The zero-order chi connectivity index (χ0) is 20.1. The molecule has 1 unspecified atom stereocenters. The molecule has 1 fully saturated rings. The third-order valence-corrected chi connectivity index (χ3v) is 5.73. The largest absolute Gasteiger partial charge is 0.493 e. The zero-order valence-electron chi connectivity index (χ0n) is 16.4. The molecule has 1 saturated heterocycles. The van der Waals surface area contributed by atoms with Crippen LogP contribution in [0.3, 0.4) is 0 Å². The number of benzene rings is 2. The second-order valence-electron chi connectivity index (χ2n) is 7.07. The van der Waals surface area contributed by atoms with Crippen molar-refractivity contribution in [3.8, 4) is 17.1 Å². The Balaban J connectivity index is 1.45. The molecule has 0 bridgehead atoms. The van der Waals surface area contributed by atoms with Crippen LogP contribution in [-0.2, 0) is 11.3 Å². The summed E-state index contributed by atoms with van der Waals surface area (Å²) in [5.74, 6) is 2.10. The Morgan fingerprint density at radius 2 is 2.07 bits per heavy atom. The molecule has 7 heteroatoms. The summed E-state index contributed by atoms with van der Waals surface area (Å²) in [5.41, 5.74) is 2.02. The number of aryl methyl sites for hydroxylation is 1. The van der Waals surface area contributed by atoms with E-state index in [2.05, 4.69) is 14.8 Å². The summed E-state index contributed by atoms with van der Waals surface area (Å²) >= 11 is 1.61. The van der Waals surface area contributed by atoms with E-state index >= 15 is 0 Å². The molecule has 3 aromatic rings. The van der Waals surface area contributed by atoms with Crippen molar-refractivity contribution in [3.05, 3.63) is 59.9 Å². The lowest BCUT2D eigenvalue weighted by atomic mass is 10.2. The van der Waals surface area contributed by atoms with Crippen LogP contribution in [0.1, 0.15) is 18.4 Å². The summed E-state index contributed by atoms with van der Waals surface area (Å²) in [4.78, 5) is 0. The van der Waals surface area contributed by atoms with Gasteiger partial charge >= 0.3 is 0 Å². The molecule has 1 atom stereocenters. The normalized spacial score (nSPS) is 16.3. The topological polar surface area (TPSA) is 49.2 Å². The molecule has 1 aromatic heterocycles. The first kappa shape index (κ1) is 19.9. The molecule has 0 saturated carbocycles. The Bertz CT molecular complexity index is 939. The van der Waals surface area contributed by atoms with E-state index in [9.17, 15) is 4.39 Å². The first-order valence-electron chi connectivity index (χ1n) is 9.82. The van der Waals surface area contributed by atoms with Gasteiger partial charge in [0.2, 0.25) is 0 Å². The van der Waals surface area contributed by atoms with Crippen molar-refractivity contribution in [1.82, 2.24) is 14.8 Å². The number of halogens is 1. The molecule has 1 aliphatic rings. The van der Waals surface area contributed by atoms with E-state index in [0.717, 1.165) is 47.5 Å². The molecule has 5 nitrogen and oxygen atoms in total. The minimum Gasteiger partial charge on any atom is -0.493 e. The van der Waals surface area contributed by atoms with Crippen LogP contribution >= 0.6 is 11.8 Å². The van der Waals surface area contributed by atoms with E-state index in [1.54, 1.807) is 23.9 Å². The fraction of sp³-hybridized carbons (Fsp3) is 0.364. The number of thioether (sulfide) groups is 1. The summed E-state index contributed by atoms with van der Waals surface area (Å²) in [7, 11) is 0. The maximum atomic E-state index is 13.3. The fourth-order valence-electron chi connectivity index (χ4n) is 3.36. The quantitative estimate of drug-likeness (QED) is 0.394. The van der Waals surface area contributed by atoms with Gasteiger partial charge in [0.25, 0.3) is 0 Å². The van der Waals surface area contributed by atoms with E-state index in [0.29, 0.717) is 13.2 Å². The monoisotopic (exact) mass is 413 g/mol. The lowest BCUT2D eigenvalue weighted by Crippen LogP contribution is -2.17. The van der Waals surface area contributed by atoms with Crippen molar-refractivity contribution in [3.63, 3.8) is 0 Å². The summed E-state index contributed by atoms with van der Waals surface area (Å²) in [6, 6.07) is 14.4. The molecule has 2 aromatic carbocycles. The fourth-order valence-corrected chi connectivity index (χ4v) is 4.13. The Hall–Kier alpha value is -2.38. The molecule has 0 N–H and O–H groups in total. The highest BCUT2D eigenvalue weighted by Gasteiger charge is 2.21. The van der Waals surface area contributed by atoms with Gasteiger partial charge in [0, 0.05) is 17.9 Å². The molecule has 1 aliphatic heterocycles.